The molecule has 0 heterocycles. The molecule has 0 aliphatic rings. The summed E-state index contributed by atoms with van der Waals surface area (Å²) in [6.07, 6.45) is 0. The maximum absolute atomic E-state index is 11.8. The molecule has 0 radical (unpaired) electrons. The Labute approximate surface area is 101 Å². The van der Waals surface area contributed by atoms with Gasteiger partial charge in [0.05, 0.1) is 25.4 Å². The maximum Gasteiger partial charge on any atom is 0.253 e. The van der Waals surface area contributed by atoms with Crippen molar-refractivity contribution in [1.29, 1.82) is 0 Å². The van der Waals surface area contributed by atoms with Gasteiger partial charge in [-0.25, -0.2) is 0 Å². The van der Waals surface area contributed by atoms with Crippen LogP contribution in [0, 0.1) is 0 Å². The van der Waals surface area contributed by atoms with E-state index in [1.807, 2.05) is 18.2 Å². The number of rotatable bonds is 7. The minimum atomic E-state index is -0.137. The molecule has 5 heteroatoms. The second kappa shape index (κ2) is 7.65. The Morgan fingerprint density at radius 3 is 2.82 bits per heavy atom. The summed E-state index contributed by atoms with van der Waals surface area (Å²) in [7, 11) is 1.77. The first-order valence-electron chi connectivity index (χ1n) is 5.53. The minimum Gasteiger partial charge on any atom is -0.394 e. The Balaban J connectivity index is 2.41. The second-order valence-electron chi connectivity index (χ2n) is 3.39. The van der Waals surface area contributed by atoms with Crippen molar-refractivity contribution in [3.05, 3.63) is 29.8 Å². The summed E-state index contributed by atoms with van der Waals surface area (Å²) in [6, 6.07) is 7.29. The highest BCUT2D eigenvalue weighted by atomic mass is 16.5. The van der Waals surface area contributed by atoms with E-state index in [2.05, 4.69) is 10.6 Å². The van der Waals surface area contributed by atoms with E-state index >= 15 is 0 Å². The van der Waals surface area contributed by atoms with Crippen LogP contribution in [0.3, 0.4) is 0 Å². The van der Waals surface area contributed by atoms with E-state index in [0.717, 1.165) is 5.69 Å². The standard InChI is InChI=1S/C12H18N2O3/c1-13-11-5-3-2-4-10(11)12(16)14-6-8-17-9-7-15/h2-5,13,15H,6-9H2,1H3,(H,14,16). The zero-order valence-electron chi connectivity index (χ0n) is 9.90. The van der Waals surface area contributed by atoms with Gasteiger partial charge in [-0.05, 0) is 12.1 Å². The predicted molar refractivity (Wildman–Crippen MR) is 66.2 cm³/mol. The average molecular weight is 238 g/mol. The molecule has 0 aliphatic heterocycles. The van der Waals surface area contributed by atoms with Gasteiger partial charge in [0.2, 0.25) is 0 Å². The molecule has 0 bridgehead atoms. The lowest BCUT2D eigenvalue weighted by Crippen LogP contribution is -2.28. The molecule has 5 nitrogen and oxygen atoms in total. The number of carbonyl (C=O) groups excluding carboxylic acids is 1. The zero-order valence-corrected chi connectivity index (χ0v) is 9.90. The summed E-state index contributed by atoms with van der Waals surface area (Å²) in [4.78, 5) is 11.8. The van der Waals surface area contributed by atoms with Crippen molar-refractivity contribution >= 4 is 11.6 Å². The third-order valence-corrected chi connectivity index (χ3v) is 2.21. The third-order valence-electron chi connectivity index (χ3n) is 2.21. The van der Waals surface area contributed by atoms with Gasteiger partial charge >= 0.3 is 0 Å². The molecular formula is C12H18N2O3. The number of amides is 1. The lowest BCUT2D eigenvalue weighted by molar-refractivity contribution is 0.0838. The highest BCUT2D eigenvalue weighted by Crippen LogP contribution is 2.13. The topological polar surface area (TPSA) is 70.6 Å². The number of anilines is 1. The lowest BCUT2D eigenvalue weighted by Gasteiger charge is -2.09. The predicted octanol–water partition coefficient (Wildman–Crippen LogP) is 0.467. The number of aliphatic hydroxyl groups is 1. The van der Waals surface area contributed by atoms with Crippen molar-refractivity contribution in [2.75, 3.05) is 38.7 Å². The number of hydrogen-bond acceptors (Lipinski definition) is 4. The van der Waals surface area contributed by atoms with Crippen LogP contribution in [-0.4, -0.2) is 44.4 Å². The number of benzene rings is 1. The Morgan fingerprint density at radius 1 is 1.35 bits per heavy atom. The van der Waals surface area contributed by atoms with Gasteiger partial charge in [-0.15, -0.1) is 0 Å². The molecule has 1 rings (SSSR count). The van der Waals surface area contributed by atoms with Crippen molar-refractivity contribution in [3.63, 3.8) is 0 Å². The highest BCUT2D eigenvalue weighted by Gasteiger charge is 2.08. The Morgan fingerprint density at radius 2 is 2.12 bits per heavy atom. The van der Waals surface area contributed by atoms with E-state index in [-0.39, 0.29) is 12.5 Å². The average Bonchev–Trinajstić information content (AvgIpc) is 2.38. The van der Waals surface area contributed by atoms with E-state index in [1.165, 1.54) is 0 Å². The minimum absolute atomic E-state index is 0.00344. The molecule has 0 saturated carbocycles. The van der Waals surface area contributed by atoms with Gasteiger partial charge in [-0.1, -0.05) is 12.1 Å². The molecule has 0 aromatic heterocycles. The Bertz CT molecular complexity index is 355. The van der Waals surface area contributed by atoms with Crippen LogP contribution in [0.1, 0.15) is 10.4 Å². The lowest BCUT2D eigenvalue weighted by atomic mass is 10.1. The third kappa shape index (κ3) is 4.42. The molecule has 0 saturated heterocycles. The van der Waals surface area contributed by atoms with Gasteiger partial charge in [-0.2, -0.15) is 0 Å². The van der Waals surface area contributed by atoms with Crippen molar-refractivity contribution < 1.29 is 14.6 Å². The normalized spacial score (nSPS) is 10.0. The van der Waals surface area contributed by atoms with Gasteiger partial charge in [0.15, 0.2) is 0 Å². The summed E-state index contributed by atoms with van der Waals surface area (Å²) < 4.78 is 5.05. The molecule has 0 spiro atoms. The molecule has 0 fully saturated rings. The zero-order chi connectivity index (χ0) is 12.5. The Hall–Kier alpha value is -1.59. The molecule has 0 unspecified atom stereocenters. The summed E-state index contributed by atoms with van der Waals surface area (Å²) in [6.45, 7) is 1.12. The SMILES string of the molecule is CNc1ccccc1C(=O)NCCOCCO. The molecule has 1 aromatic rings. The second-order valence-corrected chi connectivity index (χ2v) is 3.39. The summed E-state index contributed by atoms with van der Waals surface area (Å²) in [5.74, 6) is -0.137. The van der Waals surface area contributed by atoms with Gasteiger partial charge in [0.25, 0.3) is 5.91 Å². The van der Waals surface area contributed by atoms with Gasteiger partial charge in [0.1, 0.15) is 0 Å². The van der Waals surface area contributed by atoms with Crippen LogP contribution in [0.2, 0.25) is 0 Å². The number of carbonyl (C=O) groups is 1. The van der Waals surface area contributed by atoms with Crippen molar-refractivity contribution in [1.82, 2.24) is 5.32 Å². The van der Waals surface area contributed by atoms with Crippen LogP contribution in [0.15, 0.2) is 24.3 Å². The molecule has 17 heavy (non-hydrogen) atoms. The fourth-order valence-corrected chi connectivity index (χ4v) is 1.40. The molecular weight excluding hydrogens is 220 g/mol. The molecule has 0 aliphatic carbocycles. The number of hydrogen-bond donors (Lipinski definition) is 3. The van der Waals surface area contributed by atoms with Crippen LogP contribution in [0.5, 0.6) is 0 Å². The first kappa shape index (κ1) is 13.5. The number of nitrogens with one attached hydrogen (secondary N) is 2. The van der Waals surface area contributed by atoms with Crippen molar-refractivity contribution in [2.24, 2.45) is 0 Å². The molecule has 3 N–H and O–H groups in total. The van der Waals surface area contributed by atoms with Crippen molar-refractivity contribution in [3.8, 4) is 0 Å². The smallest absolute Gasteiger partial charge is 0.253 e. The number of aliphatic hydroxyl groups excluding tert-OH is 1. The molecule has 1 aromatic carbocycles. The van der Waals surface area contributed by atoms with Crippen LogP contribution >= 0.6 is 0 Å². The van der Waals surface area contributed by atoms with Gasteiger partial charge < -0.3 is 20.5 Å². The van der Waals surface area contributed by atoms with E-state index < -0.39 is 0 Å². The largest absolute Gasteiger partial charge is 0.394 e. The quantitative estimate of drug-likeness (QED) is 0.604. The summed E-state index contributed by atoms with van der Waals surface area (Å²) in [5, 5.41) is 14.2. The molecule has 94 valence electrons. The van der Waals surface area contributed by atoms with Crippen LogP contribution in [-0.2, 0) is 4.74 Å². The van der Waals surface area contributed by atoms with Gasteiger partial charge in [-0.3, -0.25) is 4.79 Å². The summed E-state index contributed by atoms with van der Waals surface area (Å²) in [5.41, 5.74) is 1.40. The van der Waals surface area contributed by atoms with Crippen LogP contribution < -0.4 is 10.6 Å². The first-order chi connectivity index (χ1) is 8.29. The maximum atomic E-state index is 11.8. The van der Waals surface area contributed by atoms with Crippen LogP contribution in [0.4, 0.5) is 5.69 Å². The van der Waals surface area contributed by atoms with E-state index in [1.54, 1.807) is 13.1 Å². The summed E-state index contributed by atoms with van der Waals surface area (Å²) >= 11 is 0. The Kier molecular flexibility index (Phi) is 6.06. The van der Waals surface area contributed by atoms with E-state index in [4.69, 9.17) is 9.84 Å². The molecule has 0 atom stereocenters. The first-order valence-corrected chi connectivity index (χ1v) is 5.53. The van der Waals surface area contributed by atoms with Gasteiger partial charge in [0, 0.05) is 19.3 Å². The number of para-hydroxylation sites is 1. The fourth-order valence-electron chi connectivity index (χ4n) is 1.40. The number of ether oxygens (including phenoxy) is 1. The fraction of sp³-hybridized carbons (Fsp3) is 0.417. The van der Waals surface area contributed by atoms with Crippen molar-refractivity contribution in [2.45, 2.75) is 0 Å². The molecule has 1 amide bonds. The van der Waals surface area contributed by atoms with E-state index in [9.17, 15) is 4.79 Å². The van der Waals surface area contributed by atoms with E-state index in [0.29, 0.717) is 25.3 Å². The highest BCUT2D eigenvalue weighted by molar-refractivity contribution is 5.99. The monoisotopic (exact) mass is 238 g/mol. The van der Waals surface area contributed by atoms with Crippen LogP contribution in [0.25, 0.3) is 0 Å².